The molecule has 0 aliphatic carbocycles. The molecule has 0 fully saturated rings. The molecule has 0 saturated carbocycles. The maximum absolute atomic E-state index is 13.1. The van der Waals surface area contributed by atoms with Crippen LogP contribution in [0.2, 0.25) is 0 Å². The zero-order chi connectivity index (χ0) is 21.9. The Hall–Kier alpha value is -3.10. The molecule has 8 heteroatoms. The minimum atomic E-state index is 0.0945. The van der Waals surface area contributed by atoms with Gasteiger partial charge in [0.25, 0.3) is 0 Å². The molecule has 1 aliphatic heterocycles. The lowest BCUT2D eigenvalue weighted by molar-refractivity contribution is -0.116. The largest absolute Gasteiger partial charge is 0.383 e. The van der Waals surface area contributed by atoms with Crippen LogP contribution < -0.4 is 4.90 Å². The lowest BCUT2D eigenvalue weighted by atomic mass is 10.0. The van der Waals surface area contributed by atoms with Gasteiger partial charge in [0.05, 0.1) is 18.9 Å². The van der Waals surface area contributed by atoms with Gasteiger partial charge in [-0.2, -0.15) is 0 Å². The van der Waals surface area contributed by atoms with Crippen molar-refractivity contribution in [3.63, 3.8) is 0 Å². The number of hydrogen-bond acceptors (Lipinski definition) is 5. The monoisotopic (exact) mass is 447 g/mol. The Morgan fingerprint density at radius 3 is 2.91 bits per heavy atom. The number of nitrogens with zero attached hydrogens (tertiary/aromatic N) is 4. The number of aryl methyl sites for hydroxylation is 1. The smallest absolute Gasteiger partial charge is 0.237 e. The number of hydrogen-bond donors (Lipinski definition) is 1. The Morgan fingerprint density at radius 1 is 1.16 bits per heavy atom. The number of thioether (sulfide) groups is 1. The molecule has 0 atom stereocenters. The van der Waals surface area contributed by atoms with Gasteiger partial charge in [-0.25, -0.2) is 0 Å². The van der Waals surface area contributed by atoms with Crippen LogP contribution in [0.3, 0.4) is 0 Å². The predicted molar refractivity (Wildman–Crippen MR) is 127 cm³/mol. The number of aromatic amines is 1. The van der Waals surface area contributed by atoms with Crippen LogP contribution in [0.15, 0.2) is 59.9 Å². The SMILES string of the molecule is COCCn1c(SCC(=O)N2CCCc3ccccc32)nnc1-c1c[nH]c2ccccc12. The first-order valence-electron chi connectivity index (χ1n) is 10.8. The van der Waals surface area contributed by atoms with Crippen molar-refractivity contribution < 1.29 is 9.53 Å². The van der Waals surface area contributed by atoms with Crippen LogP contribution in [0.5, 0.6) is 0 Å². The van der Waals surface area contributed by atoms with Crippen molar-refractivity contribution in [3.05, 3.63) is 60.3 Å². The van der Waals surface area contributed by atoms with E-state index in [2.05, 4.69) is 27.3 Å². The highest BCUT2D eigenvalue weighted by atomic mass is 32.2. The van der Waals surface area contributed by atoms with Crippen molar-refractivity contribution in [2.75, 3.05) is 30.9 Å². The number of anilines is 1. The summed E-state index contributed by atoms with van der Waals surface area (Å²) in [5, 5.41) is 10.7. The van der Waals surface area contributed by atoms with E-state index < -0.39 is 0 Å². The van der Waals surface area contributed by atoms with Gasteiger partial charge in [-0.1, -0.05) is 48.2 Å². The second-order valence-corrected chi connectivity index (χ2v) is 8.71. The first-order valence-corrected chi connectivity index (χ1v) is 11.7. The second-order valence-electron chi connectivity index (χ2n) is 7.76. The van der Waals surface area contributed by atoms with Crippen LogP contribution in [0.4, 0.5) is 5.69 Å². The number of nitrogens with one attached hydrogen (secondary N) is 1. The molecule has 0 spiro atoms. The van der Waals surface area contributed by atoms with Crippen LogP contribution >= 0.6 is 11.8 Å². The number of ether oxygens (including phenoxy) is 1. The highest BCUT2D eigenvalue weighted by molar-refractivity contribution is 7.99. The number of carbonyl (C=O) groups excluding carboxylic acids is 1. The minimum absolute atomic E-state index is 0.0945. The highest BCUT2D eigenvalue weighted by Crippen LogP contribution is 2.31. The van der Waals surface area contributed by atoms with Gasteiger partial charge in [-0.3, -0.25) is 9.36 Å². The highest BCUT2D eigenvalue weighted by Gasteiger charge is 2.24. The van der Waals surface area contributed by atoms with Gasteiger partial charge in [0, 0.05) is 42.0 Å². The number of carbonyl (C=O) groups is 1. The fourth-order valence-electron chi connectivity index (χ4n) is 4.23. The Bertz CT molecular complexity index is 1250. The molecular formula is C24H25N5O2S. The molecule has 0 radical (unpaired) electrons. The molecule has 2 aromatic heterocycles. The standard InChI is InChI=1S/C24H25N5O2S/c1-31-14-13-29-23(19-15-25-20-10-4-3-9-18(19)20)26-27-24(29)32-16-22(30)28-12-6-8-17-7-2-5-11-21(17)28/h2-5,7,9-11,15,25H,6,8,12-14,16H2,1H3. The number of H-pyrrole nitrogens is 1. The molecule has 1 N–H and O–H groups in total. The van der Waals surface area contributed by atoms with E-state index in [0.29, 0.717) is 18.9 Å². The quantitative estimate of drug-likeness (QED) is 0.431. The summed E-state index contributed by atoms with van der Waals surface area (Å²) in [6.07, 6.45) is 3.97. The van der Waals surface area contributed by atoms with E-state index in [-0.39, 0.29) is 5.91 Å². The average molecular weight is 448 g/mol. The van der Waals surface area contributed by atoms with Crippen molar-refractivity contribution in [2.45, 2.75) is 24.5 Å². The van der Waals surface area contributed by atoms with Crippen molar-refractivity contribution in [1.82, 2.24) is 19.7 Å². The fourth-order valence-corrected chi connectivity index (χ4v) is 5.07. The van der Waals surface area contributed by atoms with E-state index >= 15 is 0 Å². The molecule has 0 unspecified atom stereocenters. The van der Waals surface area contributed by atoms with Crippen molar-refractivity contribution >= 4 is 34.3 Å². The van der Waals surface area contributed by atoms with E-state index in [9.17, 15) is 4.79 Å². The summed E-state index contributed by atoms with van der Waals surface area (Å²) in [7, 11) is 1.68. The van der Waals surface area contributed by atoms with Gasteiger partial charge in [0.2, 0.25) is 5.91 Å². The van der Waals surface area contributed by atoms with Crippen molar-refractivity contribution in [1.29, 1.82) is 0 Å². The van der Waals surface area contributed by atoms with Gasteiger partial charge in [0.1, 0.15) is 0 Å². The number of fused-ring (bicyclic) bond motifs is 2. The average Bonchev–Trinajstić information content (AvgIpc) is 3.44. The summed E-state index contributed by atoms with van der Waals surface area (Å²) >= 11 is 1.43. The molecule has 4 aromatic rings. The van der Waals surface area contributed by atoms with Crippen molar-refractivity contribution in [3.8, 4) is 11.4 Å². The van der Waals surface area contributed by atoms with E-state index in [1.54, 1.807) is 7.11 Å². The summed E-state index contributed by atoms with van der Waals surface area (Å²) in [5.74, 6) is 1.18. The third-order valence-corrected chi connectivity index (χ3v) is 6.75. The third kappa shape index (κ3) is 3.91. The zero-order valence-electron chi connectivity index (χ0n) is 18.0. The summed E-state index contributed by atoms with van der Waals surface area (Å²) in [6.45, 7) is 1.91. The van der Waals surface area contributed by atoms with Gasteiger partial charge in [-0.15, -0.1) is 10.2 Å². The molecule has 0 saturated heterocycles. The second kappa shape index (κ2) is 9.18. The minimum Gasteiger partial charge on any atom is -0.383 e. The molecule has 0 bridgehead atoms. The normalized spacial score (nSPS) is 13.5. The summed E-state index contributed by atoms with van der Waals surface area (Å²) in [5.41, 5.74) is 4.32. The molecular weight excluding hydrogens is 422 g/mol. The first kappa shape index (κ1) is 20.8. The van der Waals surface area contributed by atoms with Crippen LogP contribution in [0.1, 0.15) is 12.0 Å². The Labute approximate surface area is 190 Å². The van der Waals surface area contributed by atoms with Crippen LogP contribution in [0, 0.1) is 0 Å². The molecule has 3 heterocycles. The molecule has 32 heavy (non-hydrogen) atoms. The van der Waals surface area contributed by atoms with Crippen LogP contribution in [-0.2, 0) is 22.5 Å². The zero-order valence-corrected chi connectivity index (χ0v) is 18.8. The summed E-state index contributed by atoms with van der Waals surface area (Å²) in [4.78, 5) is 18.3. The maximum Gasteiger partial charge on any atom is 0.237 e. The molecule has 2 aromatic carbocycles. The van der Waals surface area contributed by atoms with E-state index in [4.69, 9.17) is 4.74 Å². The topological polar surface area (TPSA) is 76.0 Å². The predicted octanol–water partition coefficient (Wildman–Crippen LogP) is 4.14. The molecule has 1 aliphatic rings. The Balaban J connectivity index is 1.39. The van der Waals surface area contributed by atoms with Gasteiger partial charge < -0.3 is 14.6 Å². The van der Waals surface area contributed by atoms with Gasteiger partial charge in [-0.05, 0) is 30.5 Å². The van der Waals surface area contributed by atoms with E-state index in [1.165, 1.54) is 17.3 Å². The Morgan fingerprint density at radius 2 is 2.00 bits per heavy atom. The third-order valence-electron chi connectivity index (χ3n) is 5.80. The summed E-state index contributed by atoms with van der Waals surface area (Å²) in [6, 6.07) is 16.3. The number of rotatable bonds is 7. The van der Waals surface area contributed by atoms with Crippen LogP contribution in [0.25, 0.3) is 22.3 Å². The number of benzene rings is 2. The van der Waals surface area contributed by atoms with E-state index in [0.717, 1.165) is 52.5 Å². The lowest BCUT2D eigenvalue weighted by Crippen LogP contribution is -2.36. The molecule has 5 rings (SSSR count). The fraction of sp³-hybridized carbons (Fsp3) is 0.292. The Kier molecular flexibility index (Phi) is 5.96. The number of amides is 1. The van der Waals surface area contributed by atoms with Crippen molar-refractivity contribution in [2.24, 2.45) is 0 Å². The maximum atomic E-state index is 13.1. The lowest BCUT2D eigenvalue weighted by Gasteiger charge is -2.29. The van der Waals surface area contributed by atoms with Crippen LogP contribution in [-0.4, -0.2) is 51.7 Å². The molecule has 7 nitrogen and oxygen atoms in total. The number of aromatic nitrogens is 4. The molecule has 1 amide bonds. The number of para-hydroxylation sites is 2. The summed E-state index contributed by atoms with van der Waals surface area (Å²) < 4.78 is 7.36. The first-order chi connectivity index (χ1) is 15.8. The number of methoxy groups -OCH3 is 1. The molecule has 164 valence electrons. The van der Waals surface area contributed by atoms with E-state index in [1.807, 2.05) is 52.1 Å². The van der Waals surface area contributed by atoms with Gasteiger partial charge >= 0.3 is 0 Å². The van der Waals surface area contributed by atoms with Gasteiger partial charge in [0.15, 0.2) is 11.0 Å².